The van der Waals surface area contributed by atoms with Crippen molar-refractivity contribution in [1.82, 2.24) is 0 Å². The molecule has 1 N–H and O–H groups in total. The third-order valence-corrected chi connectivity index (χ3v) is 1.79. The van der Waals surface area contributed by atoms with Crippen LogP contribution in [0.4, 0.5) is 0 Å². The summed E-state index contributed by atoms with van der Waals surface area (Å²) in [5.74, 6) is -0.768. The van der Waals surface area contributed by atoms with Gasteiger partial charge in [-0.25, -0.2) is 0 Å². The Balaban J connectivity index is 3.26. The van der Waals surface area contributed by atoms with Gasteiger partial charge < -0.3 is 5.11 Å². The fraction of sp³-hybridized carbons (Fsp3) is 0.700. The Kier molecular flexibility index (Phi) is 6.44. The van der Waals surface area contributed by atoms with Gasteiger partial charge in [-0.2, -0.15) is 0 Å². The second kappa shape index (κ2) is 6.89. The largest absolute Gasteiger partial charge is 0.481 e. The number of aliphatic carboxylic acids is 1. The molecule has 0 aromatic rings. The second-order valence-electron chi connectivity index (χ2n) is 3.13. The van der Waals surface area contributed by atoms with Crippen LogP contribution in [0.3, 0.4) is 0 Å². The molecule has 2 heteroatoms. The molecule has 0 aromatic heterocycles. The number of hydrogen-bond acceptors (Lipinski definition) is 1. The molecule has 0 aromatic carbocycles. The number of carboxylic acid groups (broad SMARTS) is 1. The van der Waals surface area contributed by atoms with Crippen LogP contribution in [-0.4, -0.2) is 11.1 Å². The summed E-state index contributed by atoms with van der Waals surface area (Å²) < 4.78 is 0. The number of carbonyl (C=O) groups is 1. The fourth-order valence-electron chi connectivity index (χ4n) is 1.10. The molecule has 0 saturated heterocycles. The highest BCUT2D eigenvalue weighted by Crippen LogP contribution is 2.11. The van der Waals surface area contributed by atoms with E-state index in [1.54, 1.807) is 0 Å². The molecule has 0 heterocycles. The van der Waals surface area contributed by atoms with Gasteiger partial charge in [-0.1, -0.05) is 38.3 Å². The summed E-state index contributed by atoms with van der Waals surface area (Å²) in [6, 6.07) is 0. The molecule has 0 aliphatic carbocycles. The van der Waals surface area contributed by atoms with Gasteiger partial charge in [-0.3, -0.25) is 4.79 Å². The summed E-state index contributed by atoms with van der Waals surface area (Å²) in [5, 5.41) is 8.43. The molecule has 12 heavy (non-hydrogen) atoms. The third-order valence-electron chi connectivity index (χ3n) is 1.79. The maximum atomic E-state index is 10.2. The number of unbranched alkanes of at least 4 members (excludes halogenated alkanes) is 3. The molecule has 0 rings (SSSR count). The van der Waals surface area contributed by atoms with Crippen molar-refractivity contribution in [3.8, 4) is 0 Å². The molecule has 0 atom stereocenters. The Morgan fingerprint density at radius 1 is 1.33 bits per heavy atom. The summed E-state index contributed by atoms with van der Waals surface area (Å²) in [6.07, 6.45) is 5.72. The first-order chi connectivity index (χ1) is 5.66. The summed E-state index contributed by atoms with van der Waals surface area (Å²) in [5.41, 5.74) is 0.846. The van der Waals surface area contributed by atoms with Crippen LogP contribution in [0.2, 0.25) is 0 Å². The average molecular weight is 170 g/mol. The Hall–Kier alpha value is -0.790. The molecule has 0 unspecified atom stereocenters. The highest BCUT2D eigenvalue weighted by molar-refractivity contribution is 5.69. The molecule has 0 radical (unpaired) electrons. The smallest absolute Gasteiger partial charge is 0.307 e. The SMILES string of the molecule is C=C(CCCCCC)CC(=O)O. The van der Waals surface area contributed by atoms with Gasteiger partial charge >= 0.3 is 5.97 Å². The fourth-order valence-corrected chi connectivity index (χ4v) is 1.10. The molecule has 0 saturated carbocycles. The van der Waals surface area contributed by atoms with E-state index in [0.29, 0.717) is 0 Å². The maximum absolute atomic E-state index is 10.2. The first kappa shape index (κ1) is 11.2. The van der Waals surface area contributed by atoms with Crippen LogP contribution in [0, 0.1) is 0 Å². The van der Waals surface area contributed by atoms with Crippen molar-refractivity contribution in [3.05, 3.63) is 12.2 Å². The monoisotopic (exact) mass is 170 g/mol. The standard InChI is InChI=1S/C10H18O2/c1-3-4-5-6-7-9(2)8-10(11)12/h2-8H2,1H3,(H,11,12). The summed E-state index contributed by atoms with van der Waals surface area (Å²) in [4.78, 5) is 10.2. The van der Waals surface area contributed by atoms with E-state index in [4.69, 9.17) is 5.11 Å². The van der Waals surface area contributed by atoms with E-state index >= 15 is 0 Å². The first-order valence-electron chi connectivity index (χ1n) is 4.55. The van der Waals surface area contributed by atoms with E-state index in [-0.39, 0.29) is 6.42 Å². The van der Waals surface area contributed by atoms with Gasteiger partial charge in [0, 0.05) is 0 Å². The van der Waals surface area contributed by atoms with Gasteiger partial charge in [0.2, 0.25) is 0 Å². The van der Waals surface area contributed by atoms with Crippen molar-refractivity contribution in [1.29, 1.82) is 0 Å². The van der Waals surface area contributed by atoms with E-state index in [1.807, 2.05) is 0 Å². The molecule has 0 aliphatic rings. The Morgan fingerprint density at radius 2 is 2.00 bits per heavy atom. The van der Waals surface area contributed by atoms with Crippen LogP contribution in [0.25, 0.3) is 0 Å². The quantitative estimate of drug-likeness (QED) is 0.471. The highest BCUT2D eigenvalue weighted by Gasteiger charge is 2.00. The Labute approximate surface area is 74.3 Å². The van der Waals surface area contributed by atoms with E-state index in [9.17, 15) is 4.79 Å². The Bertz CT molecular complexity index is 150. The van der Waals surface area contributed by atoms with Crippen LogP contribution in [0.1, 0.15) is 45.4 Å². The normalized spacial score (nSPS) is 9.75. The molecule has 0 aliphatic heterocycles. The van der Waals surface area contributed by atoms with E-state index in [2.05, 4.69) is 13.5 Å². The summed E-state index contributed by atoms with van der Waals surface area (Å²) in [7, 11) is 0. The molecule has 0 spiro atoms. The van der Waals surface area contributed by atoms with Crippen molar-refractivity contribution in [2.45, 2.75) is 45.4 Å². The Morgan fingerprint density at radius 3 is 2.50 bits per heavy atom. The van der Waals surface area contributed by atoms with Gasteiger partial charge in [-0.05, 0) is 12.8 Å². The molecule has 70 valence electrons. The molecule has 2 nitrogen and oxygen atoms in total. The van der Waals surface area contributed by atoms with Crippen LogP contribution in [-0.2, 0) is 4.79 Å². The lowest BCUT2D eigenvalue weighted by atomic mass is 10.1. The topological polar surface area (TPSA) is 37.3 Å². The van der Waals surface area contributed by atoms with Crippen molar-refractivity contribution >= 4 is 5.97 Å². The molecule has 0 amide bonds. The van der Waals surface area contributed by atoms with Gasteiger partial charge in [0.05, 0.1) is 6.42 Å². The minimum absolute atomic E-state index is 0.131. The lowest BCUT2D eigenvalue weighted by molar-refractivity contribution is -0.136. The predicted molar refractivity (Wildman–Crippen MR) is 50.2 cm³/mol. The van der Waals surface area contributed by atoms with Crippen LogP contribution >= 0.6 is 0 Å². The lowest BCUT2D eigenvalue weighted by Crippen LogP contribution is -1.96. The molecular formula is C10H18O2. The second-order valence-corrected chi connectivity index (χ2v) is 3.13. The van der Waals surface area contributed by atoms with Crippen LogP contribution < -0.4 is 0 Å². The average Bonchev–Trinajstić information content (AvgIpc) is 1.97. The van der Waals surface area contributed by atoms with Crippen molar-refractivity contribution in [3.63, 3.8) is 0 Å². The van der Waals surface area contributed by atoms with Gasteiger partial charge in [-0.15, -0.1) is 0 Å². The van der Waals surface area contributed by atoms with Crippen LogP contribution in [0.15, 0.2) is 12.2 Å². The predicted octanol–water partition coefficient (Wildman–Crippen LogP) is 2.99. The van der Waals surface area contributed by atoms with Gasteiger partial charge in [0.25, 0.3) is 0 Å². The number of rotatable bonds is 7. The molecular weight excluding hydrogens is 152 g/mol. The maximum Gasteiger partial charge on any atom is 0.307 e. The van der Waals surface area contributed by atoms with Crippen LogP contribution in [0.5, 0.6) is 0 Å². The summed E-state index contributed by atoms with van der Waals surface area (Å²) >= 11 is 0. The third kappa shape index (κ3) is 7.32. The number of carboxylic acids is 1. The zero-order chi connectivity index (χ0) is 9.40. The minimum atomic E-state index is -0.768. The minimum Gasteiger partial charge on any atom is -0.481 e. The van der Waals surface area contributed by atoms with E-state index in [0.717, 1.165) is 18.4 Å². The van der Waals surface area contributed by atoms with Crippen molar-refractivity contribution < 1.29 is 9.90 Å². The van der Waals surface area contributed by atoms with E-state index in [1.165, 1.54) is 19.3 Å². The number of hydrogen-bond donors (Lipinski definition) is 1. The molecule has 0 fully saturated rings. The van der Waals surface area contributed by atoms with Gasteiger partial charge in [0.15, 0.2) is 0 Å². The molecule has 0 bridgehead atoms. The highest BCUT2D eigenvalue weighted by atomic mass is 16.4. The summed E-state index contributed by atoms with van der Waals surface area (Å²) in [6.45, 7) is 5.87. The van der Waals surface area contributed by atoms with Crippen molar-refractivity contribution in [2.75, 3.05) is 0 Å². The zero-order valence-electron chi connectivity index (χ0n) is 7.81. The lowest BCUT2D eigenvalue weighted by Gasteiger charge is -2.01. The zero-order valence-corrected chi connectivity index (χ0v) is 7.81. The first-order valence-corrected chi connectivity index (χ1v) is 4.55. The van der Waals surface area contributed by atoms with Crippen molar-refractivity contribution in [2.24, 2.45) is 0 Å². The van der Waals surface area contributed by atoms with E-state index < -0.39 is 5.97 Å². The van der Waals surface area contributed by atoms with Gasteiger partial charge in [0.1, 0.15) is 0 Å².